The third-order valence-electron chi connectivity index (χ3n) is 7.55. The maximum absolute atomic E-state index is 13.9. The third kappa shape index (κ3) is 6.37. The van der Waals surface area contributed by atoms with Gasteiger partial charge in [-0.25, -0.2) is 8.42 Å². The van der Waals surface area contributed by atoms with Crippen molar-refractivity contribution < 1.29 is 22.7 Å². The first-order chi connectivity index (χ1) is 19.4. The highest BCUT2D eigenvalue weighted by Crippen LogP contribution is 2.34. The lowest BCUT2D eigenvalue weighted by Gasteiger charge is -2.37. The zero-order valence-corrected chi connectivity index (χ0v) is 23.3. The van der Waals surface area contributed by atoms with Gasteiger partial charge in [0.25, 0.3) is 5.91 Å². The van der Waals surface area contributed by atoms with Crippen LogP contribution in [0.25, 0.3) is 0 Å². The van der Waals surface area contributed by atoms with Crippen molar-refractivity contribution in [3.8, 4) is 5.75 Å². The number of rotatable bonds is 9. The van der Waals surface area contributed by atoms with E-state index < -0.39 is 16.1 Å². The van der Waals surface area contributed by atoms with Crippen molar-refractivity contribution in [3.05, 3.63) is 90.5 Å². The number of anilines is 1. The molecule has 3 aromatic carbocycles. The molecule has 1 aliphatic carbocycles. The predicted octanol–water partition coefficient (Wildman–Crippen LogP) is 4.16. The Labute approximate surface area is 236 Å². The summed E-state index contributed by atoms with van der Waals surface area (Å²) in [5.74, 6) is -0.285. The van der Waals surface area contributed by atoms with E-state index in [4.69, 9.17) is 4.74 Å². The van der Waals surface area contributed by atoms with Gasteiger partial charge in [0.05, 0.1) is 23.7 Å². The van der Waals surface area contributed by atoms with Gasteiger partial charge in [-0.05, 0) is 49.1 Å². The predicted molar refractivity (Wildman–Crippen MR) is 154 cm³/mol. The standard InChI is InChI=1S/C31H35N3O5S/c35-30(23-34(25-14-6-2-7-15-25)40(37,38)26-16-8-3-9-17-26)33-22-29(39-28-19-11-10-18-27(28)33)31(36)32-21-20-24-12-4-1-5-13-24/h1,3-5,8-13,16-19,25,29H,2,6-7,14-15,20-23H2,(H,32,36)/t29-/m1/s1. The van der Waals surface area contributed by atoms with Gasteiger partial charge in [-0.3, -0.25) is 9.59 Å². The molecule has 2 aliphatic rings. The monoisotopic (exact) mass is 561 g/mol. The van der Waals surface area contributed by atoms with Crippen molar-refractivity contribution in [3.63, 3.8) is 0 Å². The van der Waals surface area contributed by atoms with Gasteiger partial charge in [0.2, 0.25) is 15.9 Å². The molecule has 1 fully saturated rings. The summed E-state index contributed by atoms with van der Waals surface area (Å²) in [6.07, 6.45) is 4.09. The molecule has 0 radical (unpaired) electrons. The van der Waals surface area contributed by atoms with Gasteiger partial charge in [-0.2, -0.15) is 4.31 Å². The fourth-order valence-corrected chi connectivity index (χ4v) is 7.08. The van der Waals surface area contributed by atoms with Crippen LogP contribution in [0.15, 0.2) is 89.8 Å². The van der Waals surface area contributed by atoms with Crippen LogP contribution in [0.4, 0.5) is 5.69 Å². The van der Waals surface area contributed by atoms with Gasteiger partial charge in [0.1, 0.15) is 5.75 Å². The summed E-state index contributed by atoms with van der Waals surface area (Å²) in [4.78, 5) is 28.7. The molecule has 1 atom stereocenters. The van der Waals surface area contributed by atoms with E-state index in [0.717, 1.165) is 24.8 Å². The summed E-state index contributed by atoms with van der Waals surface area (Å²) >= 11 is 0. The van der Waals surface area contributed by atoms with Crippen LogP contribution in [-0.2, 0) is 26.0 Å². The number of carbonyl (C=O) groups excluding carboxylic acids is 2. The molecule has 1 aliphatic heterocycles. The first kappa shape index (κ1) is 27.9. The molecule has 210 valence electrons. The molecule has 5 rings (SSSR count). The highest BCUT2D eigenvalue weighted by atomic mass is 32.2. The minimum Gasteiger partial charge on any atom is -0.477 e. The van der Waals surface area contributed by atoms with E-state index in [-0.39, 0.29) is 35.8 Å². The van der Waals surface area contributed by atoms with Crippen molar-refractivity contribution in [2.75, 3.05) is 24.5 Å². The molecule has 0 saturated heterocycles. The molecule has 1 N–H and O–H groups in total. The van der Waals surface area contributed by atoms with Crippen LogP contribution >= 0.6 is 0 Å². The van der Waals surface area contributed by atoms with Crippen molar-refractivity contribution in [1.82, 2.24) is 9.62 Å². The quantitative estimate of drug-likeness (QED) is 0.423. The van der Waals surface area contributed by atoms with Gasteiger partial charge in [0, 0.05) is 12.6 Å². The van der Waals surface area contributed by atoms with E-state index in [2.05, 4.69) is 5.32 Å². The van der Waals surface area contributed by atoms with Gasteiger partial charge < -0.3 is 15.0 Å². The number of amides is 2. The molecule has 2 amide bonds. The summed E-state index contributed by atoms with van der Waals surface area (Å²) in [5.41, 5.74) is 1.64. The van der Waals surface area contributed by atoms with E-state index >= 15 is 0 Å². The Hall–Kier alpha value is -3.69. The lowest BCUT2D eigenvalue weighted by Crippen LogP contribution is -2.54. The van der Waals surface area contributed by atoms with Crippen LogP contribution in [-0.4, -0.2) is 56.3 Å². The Morgan fingerprint density at radius 3 is 2.25 bits per heavy atom. The molecule has 1 saturated carbocycles. The Bertz CT molecular complexity index is 1410. The first-order valence-corrected chi connectivity index (χ1v) is 15.3. The smallest absolute Gasteiger partial charge is 0.262 e. The molecule has 40 heavy (non-hydrogen) atoms. The van der Waals surface area contributed by atoms with E-state index in [1.807, 2.05) is 30.3 Å². The van der Waals surface area contributed by atoms with Crippen LogP contribution in [0, 0.1) is 0 Å². The highest BCUT2D eigenvalue weighted by Gasteiger charge is 2.38. The number of carbonyl (C=O) groups is 2. The summed E-state index contributed by atoms with van der Waals surface area (Å²) in [6, 6.07) is 24.9. The Morgan fingerprint density at radius 1 is 0.875 bits per heavy atom. The number of para-hydroxylation sites is 2. The van der Waals surface area contributed by atoms with E-state index in [1.54, 1.807) is 54.6 Å². The molecular formula is C31H35N3O5S. The van der Waals surface area contributed by atoms with Gasteiger partial charge in [0.15, 0.2) is 6.10 Å². The minimum absolute atomic E-state index is 0.00307. The maximum Gasteiger partial charge on any atom is 0.262 e. The molecule has 0 aromatic heterocycles. The van der Waals surface area contributed by atoms with Crippen molar-refractivity contribution in [2.45, 2.75) is 55.6 Å². The van der Waals surface area contributed by atoms with Crippen LogP contribution in [0.1, 0.15) is 37.7 Å². The van der Waals surface area contributed by atoms with E-state index in [9.17, 15) is 18.0 Å². The normalized spacial score (nSPS) is 17.6. The molecule has 0 spiro atoms. The Kier molecular flexibility index (Phi) is 8.81. The summed E-state index contributed by atoms with van der Waals surface area (Å²) in [5, 5.41) is 2.92. The topological polar surface area (TPSA) is 96.0 Å². The van der Waals surface area contributed by atoms with E-state index in [0.29, 0.717) is 37.2 Å². The lowest BCUT2D eigenvalue weighted by atomic mass is 9.95. The van der Waals surface area contributed by atoms with Crippen molar-refractivity contribution >= 4 is 27.5 Å². The summed E-state index contributed by atoms with van der Waals surface area (Å²) in [6.45, 7) is 0.124. The van der Waals surface area contributed by atoms with E-state index in [1.165, 1.54) is 9.21 Å². The third-order valence-corrected chi connectivity index (χ3v) is 9.46. The second-order valence-corrected chi connectivity index (χ2v) is 12.2. The summed E-state index contributed by atoms with van der Waals surface area (Å²) < 4.78 is 34.9. The fraction of sp³-hybridized carbons (Fsp3) is 0.355. The summed E-state index contributed by atoms with van der Waals surface area (Å²) in [7, 11) is -3.90. The molecule has 1 heterocycles. The Balaban J connectivity index is 1.35. The molecule has 3 aromatic rings. The van der Waals surface area contributed by atoms with Gasteiger partial charge >= 0.3 is 0 Å². The number of nitrogens with one attached hydrogen (secondary N) is 1. The SMILES string of the molecule is O=C(NCCc1ccccc1)[C@H]1CN(C(=O)CN(C2CCCCC2)S(=O)(=O)c2ccccc2)c2ccccc2O1. The van der Waals surface area contributed by atoms with Crippen molar-refractivity contribution in [2.24, 2.45) is 0 Å². The number of benzene rings is 3. The molecular weight excluding hydrogens is 526 g/mol. The zero-order chi connectivity index (χ0) is 28.0. The fourth-order valence-electron chi connectivity index (χ4n) is 5.42. The molecule has 0 unspecified atom stereocenters. The largest absolute Gasteiger partial charge is 0.477 e. The maximum atomic E-state index is 13.9. The zero-order valence-electron chi connectivity index (χ0n) is 22.4. The second-order valence-electron chi connectivity index (χ2n) is 10.3. The first-order valence-electron chi connectivity index (χ1n) is 13.9. The lowest BCUT2D eigenvalue weighted by molar-refractivity contribution is -0.128. The minimum atomic E-state index is -3.90. The number of sulfonamides is 1. The van der Waals surface area contributed by atoms with Crippen LogP contribution in [0.3, 0.4) is 0 Å². The molecule has 8 nitrogen and oxygen atoms in total. The van der Waals surface area contributed by atoms with Gasteiger partial charge in [-0.1, -0.05) is 79.9 Å². The Morgan fingerprint density at radius 2 is 1.52 bits per heavy atom. The average Bonchev–Trinajstić information content (AvgIpc) is 3.00. The average molecular weight is 562 g/mol. The van der Waals surface area contributed by atoms with Gasteiger partial charge in [-0.15, -0.1) is 0 Å². The van der Waals surface area contributed by atoms with Crippen LogP contribution < -0.4 is 15.0 Å². The second kappa shape index (κ2) is 12.7. The number of hydrogen-bond acceptors (Lipinski definition) is 5. The van der Waals surface area contributed by atoms with Crippen molar-refractivity contribution in [1.29, 1.82) is 0 Å². The number of fused-ring (bicyclic) bond motifs is 1. The highest BCUT2D eigenvalue weighted by molar-refractivity contribution is 7.89. The number of hydrogen-bond donors (Lipinski definition) is 1. The molecule has 9 heteroatoms. The van der Waals surface area contributed by atoms with Crippen LogP contribution in [0.2, 0.25) is 0 Å². The number of nitrogens with zero attached hydrogens (tertiary/aromatic N) is 2. The number of ether oxygens (including phenoxy) is 1. The molecule has 0 bridgehead atoms. The van der Waals surface area contributed by atoms with Crippen LogP contribution in [0.5, 0.6) is 5.75 Å².